The van der Waals surface area contributed by atoms with Gasteiger partial charge < -0.3 is 14.7 Å². The Labute approximate surface area is 142 Å². The van der Waals surface area contributed by atoms with Gasteiger partial charge in [0, 0.05) is 26.3 Å². The fraction of sp³-hybridized carbons (Fsp3) is 0.294. The number of rotatable bonds is 7. The van der Waals surface area contributed by atoms with Gasteiger partial charge in [0.1, 0.15) is 5.75 Å². The van der Waals surface area contributed by atoms with Crippen molar-refractivity contribution in [3.8, 4) is 5.75 Å². The van der Waals surface area contributed by atoms with Crippen molar-refractivity contribution in [2.75, 3.05) is 32.6 Å². The van der Waals surface area contributed by atoms with Crippen LogP contribution in [0.1, 0.15) is 11.7 Å². The molecule has 0 heterocycles. The molecule has 0 saturated heterocycles. The van der Waals surface area contributed by atoms with E-state index < -0.39 is 16.1 Å². The molecule has 0 bridgehead atoms. The molecule has 2 aromatic rings. The zero-order valence-corrected chi connectivity index (χ0v) is 14.7. The van der Waals surface area contributed by atoms with Crippen LogP contribution in [0, 0.1) is 0 Å². The SMILES string of the molecule is COc1ccc(S(=O)(=O)NCC(O)c2ccc(N(C)C)cc2)cc1. The Morgan fingerprint density at radius 2 is 1.67 bits per heavy atom. The van der Waals surface area contributed by atoms with Crippen LogP contribution >= 0.6 is 0 Å². The molecule has 24 heavy (non-hydrogen) atoms. The summed E-state index contributed by atoms with van der Waals surface area (Å²) in [6.45, 7) is -0.102. The predicted molar refractivity (Wildman–Crippen MR) is 93.9 cm³/mol. The monoisotopic (exact) mass is 350 g/mol. The van der Waals surface area contributed by atoms with Gasteiger partial charge in [0.05, 0.1) is 18.1 Å². The molecule has 0 aliphatic rings. The van der Waals surface area contributed by atoms with Crippen LogP contribution in [0.4, 0.5) is 5.69 Å². The zero-order chi connectivity index (χ0) is 17.7. The first-order valence-electron chi connectivity index (χ1n) is 7.42. The average Bonchev–Trinajstić information content (AvgIpc) is 2.60. The van der Waals surface area contributed by atoms with Crippen LogP contribution in [-0.4, -0.2) is 41.3 Å². The third-order valence-electron chi connectivity index (χ3n) is 3.63. The predicted octanol–water partition coefficient (Wildman–Crippen LogP) is 1.77. The third-order valence-corrected chi connectivity index (χ3v) is 5.07. The fourth-order valence-corrected chi connectivity index (χ4v) is 3.18. The van der Waals surface area contributed by atoms with E-state index in [1.807, 2.05) is 31.1 Å². The number of hydrogen-bond donors (Lipinski definition) is 2. The van der Waals surface area contributed by atoms with Crippen molar-refractivity contribution < 1.29 is 18.3 Å². The Morgan fingerprint density at radius 1 is 1.08 bits per heavy atom. The summed E-state index contributed by atoms with van der Waals surface area (Å²) in [5.74, 6) is 0.579. The maximum absolute atomic E-state index is 12.2. The average molecular weight is 350 g/mol. The van der Waals surface area contributed by atoms with Crippen LogP contribution in [0.15, 0.2) is 53.4 Å². The van der Waals surface area contributed by atoms with Crippen LogP contribution in [0.25, 0.3) is 0 Å². The first-order chi connectivity index (χ1) is 11.3. The standard InChI is InChI=1S/C17H22N2O4S/c1-19(2)14-6-4-13(5-7-14)17(20)12-18-24(21,22)16-10-8-15(23-3)9-11-16/h4-11,17-18,20H,12H2,1-3H3. The molecule has 0 aliphatic heterocycles. The Morgan fingerprint density at radius 3 is 2.17 bits per heavy atom. The van der Waals surface area contributed by atoms with Gasteiger partial charge in [-0.15, -0.1) is 0 Å². The van der Waals surface area contributed by atoms with Crippen molar-refractivity contribution in [2.24, 2.45) is 0 Å². The lowest BCUT2D eigenvalue weighted by Gasteiger charge is -2.16. The van der Waals surface area contributed by atoms with Crippen molar-refractivity contribution in [1.29, 1.82) is 0 Å². The molecule has 1 unspecified atom stereocenters. The second-order valence-electron chi connectivity index (χ2n) is 5.53. The van der Waals surface area contributed by atoms with Crippen molar-refractivity contribution in [3.63, 3.8) is 0 Å². The molecule has 0 spiro atoms. The Kier molecular flexibility index (Phi) is 5.82. The molecule has 0 amide bonds. The van der Waals surface area contributed by atoms with E-state index in [4.69, 9.17) is 4.74 Å². The molecule has 6 nitrogen and oxygen atoms in total. The summed E-state index contributed by atoms with van der Waals surface area (Å²) in [7, 11) is 1.68. The molecule has 2 N–H and O–H groups in total. The maximum Gasteiger partial charge on any atom is 0.240 e. The highest BCUT2D eigenvalue weighted by molar-refractivity contribution is 7.89. The first kappa shape index (κ1) is 18.3. The minimum atomic E-state index is -3.68. The number of ether oxygens (including phenoxy) is 1. The van der Waals surface area contributed by atoms with Gasteiger partial charge in [-0.25, -0.2) is 13.1 Å². The fourth-order valence-electron chi connectivity index (χ4n) is 2.14. The van der Waals surface area contributed by atoms with Crippen LogP contribution < -0.4 is 14.4 Å². The maximum atomic E-state index is 12.2. The van der Waals surface area contributed by atoms with Crippen molar-refractivity contribution in [1.82, 2.24) is 4.72 Å². The topological polar surface area (TPSA) is 78.9 Å². The minimum absolute atomic E-state index is 0.102. The van der Waals surface area contributed by atoms with Gasteiger partial charge in [0.25, 0.3) is 0 Å². The molecule has 0 fully saturated rings. The van der Waals surface area contributed by atoms with Crippen molar-refractivity contribution >= 4 is 15.7 Å². The summed E-state index contributed by atoms with van der Waals surface area (Å²) in [6.07, 6.45) is -0.922. The number of nitrogens with one attached hydrogen (secondary N) is 1. The number of nitrogens with zero attached hydrogens (tertiary/aromatic N) is 1. The number of benzene rings is 2. The van der Waals surface area contributed by atoms with E-state index in [1.165, 1.54) is 19.2 Å². The van der Waals surface area contributed by atoms with Gasteiger partial charge in [0.2, 0.25) is 10.0 Å². The van der Waals surface area contributed by atoms with Gasteiger partial charge in [-0.05, 0) is 42.0 Å². The van der Waals surface area contributed by atoms with Gasteiger partial charge in [-0.1, -0.05) is 12.1 Å². The number of aliphatic hydroxyl groups is 1. The molecule has 0 aliphatic carbocycles. The number of aliphatic hydroxyl groups excluding tert-OH is 1. The molecular formula is C17H22N2O4S. The Balaban J connectivity index is 2.02. The van der Waals surface area contributed by atoms with Crippen LogP contribution in [-0.2, 0) is 10.0 Å². The first-order valence-corrected chi connectivity index (χ1v) is 8.91. The quantitative estimate of drug-likeness (QED) is 0.796. The number of sulfonamides is 1. The highest BCUT2D eigenvalue weighted by Gasteiger charge is 2.17. The lowest BCUT2D eigenvalue weighted by molar-refractivity contribution is 0.182. The van der Waals surface area contributed by atoms with E-state index in [9.17, 15) is 13.5 Å². The van der Waals surface area contributed by atoms with E-state index in [0.717, 1.165) is 5.69 Å². The second-order valence-corrected chi connectivity index (χ2v) is 7.30. The lowest BCUT2D eigenvalue weighted by atomic mass is 10.1. The summed E-state index contributed by atoms with van der Waals surface area (Å²) >= 11 is 0. The highest BCUT2D eigenvalue weighted by Crippen LogP contribution is 2.19. The van der Waals surface area contributed by atoms with E-state index >= 15 is 0 Å². The van der Waals surface area contributed by atoms with E-state index in [0.29, 0.717) is 11.3 Å². The van der Waals surface area contributed by atoms with Gasteiger partial charge in [0.15, 0.2) is 0 Å². The van der Waals surface area contributed by atoms with Crippen molar-refractivity contribution in [2.45, 2.75) is 11.0 Å². The van der Waals surface area contributed by atoms with Crippen molar-refractivity contribution in [3.05, 3.63) is 54.1 Å². The second kappa shape index (κ2) is 7.65. The van der Waals surface area contributed by atoms with E-state index in [1.54, 1.807) is 24.3 Å². The largest absolute Gasteiger partial charge is 0.497 e. The smallest absolute Gasteiger partial charge is 0.240 e. The molecule has 2 rings (SSSR count). The number of anilines is 1. The molecule has 0 radical (unpaired) electrons. The summed E-state index contributed by atoms with van der Waals surface area (Å²) in [4.78, 5) is 2.07. The summed E-state index contributed by atoms with van der Waals surface area (Å²) in [5.41, 5.74) is 1.66. The number of hydrogen-bond acceptors (Lipinski definition) is 5. The summed E-state index contributed by atoms with van der Waals surface area (Å²) in [5, 5.41) is 10.2. The lowest BCUT2D eigenvalue weighted by Crippen LogP contribution is -2.28. The van der Waals surface area contributed by atoms with Gasteiger partial charge in [-0.3, -0.25) is 0 Å². The third kappa shape index (κ3) is 4.47. The molecule has 130 valence electrons. The van der Waals surface area contributed by atoms with E-state index in [-0.39, 0.29) is 11.4 Å². The molecular weight excluding hydrogens is 328 g/mol. The zero-order valence-electron chi connectivity index (χ0n) is 13.9. The Bertz CT molecular complexity index is 756. The van der Waals surface area contributed by atoms with Gasteiger partial charge in [-0.2, -0.15) is 0 Å². The molecule has 0 aromatic heterocycles. The minimum Gasteiger partial charge on any atom is -0.497 e. The summed E-state index contributed by atoms with van der Waals surface area (Å²) < 4.78 is 31.9. The van der Waals surface area contributed by atoms with E-state index in [2.05, 4.69) is 4.72 Å². The molecule has 7 heteroatoms. The normalized spacial score (nSPS) is 12.7. The number of methoxy groups -OCH3 is 1. The van der Waals surface area contributed by atoms with Crippen LogP contribution in [0.5, 0.6) is 5.75 Å². The summed E-state index contributed by atoms with van der Waals surface area (Å²) in [6, 6.07) is 13.4. The molecule has 2 aromatic carbocycles. The van der Waals surface area contributed by atoms with Gasteiger partial charge >= 0.3 is 0 Å². The molecule has 0 saturated carbocycles. The van der Waals surface area contributed by atoms with Crippen LogP contribution in [0.3, 0.4) is 0 Å². The van der Waals surface area contributed by atoms with Crippen LogP contribution in [0.2, 0.25) is 0 Å². The molecule has 1 atom stereocenters. The highest BCUT2D eigenvalue weighted by atomic mass is 32.2. The Hall–Kier alpha value is -2.09.